The zero-order valence-electron chi connectivity index (χ0n) is 33.0. The van der Waals surface area contributed by atoms with Crippen LogP contribution in [0.2, 0.25) is 0 Å². The molecule has 1 fully saturated rings. The fourth-order valence-electron chi connectivity index (χ4n) is 5.81. The molecule has 6 atom stereocenters. The Labute approximate surface area is 320 Å². The maximum absolute atomic E-state index is 12.7. The van der Waals surface area contributed by atoms with Crippen LogP contribution in [-0.2, 0) is 28.5 Å². The monoisotopic (exact) mass is 751 g/mol. The van der Waals surface area contributed by atoms with Crippen molar-refractivity contribution in [2.75, 3.05) is 19.8 Å². The molecule has 4 N–H and O–H groups in total. The van der Waals surface area contributed by atoms with Crippen molar-refractivity contribution in [3.8, 4) is 0 Å². The minimum absolute atomic E-state index is 0.209. The van der Waals surface area contributed by atoms with E-state index in [2.05, 4.69) is 62.5 Å². The van der Waals surface area contributed by atoms with E-state index in [0.717, 1.165) is 89.9 Å². The zero-order valence-corrected chi connectivity index (χ0v) is 33.0. The summed E-state index contributed by atoms with van der Waals surface area (Å²) in [6, 6.07) is 0. The summed E-state index contributed by atoms with van der Waals surface area (Å²) < 4.78 is 22.1. The Balaban J connectivity index is 2.40. The molecule has 53 heavy (non-hydrogen) atoms. The molecule has 306 valence electrons. The standard InChI is InChI=1S/C43H74O10/c1-3-5-7-9-11-13-15-17-19-21-23-25-27-29-31-38(45)50-34-36(35-51-43-42(49)41(48)40(47)37(33-44)53-43)52-39(46)32-30-28-26-24-22-20-18-16-14-12-10-8-6-4-2/h9-12,15-18,36-37,40-44,47-49H,3-8,13-14,19-35H2,1-2H3/b11-9-,12-10-,17-15-,18-16-. The van der Waals surface area contributed by atoms with Gasteiger partial charge >= 0.3 is 11.9 Å². The molecule has 1 rings (SSSR count). The zero-order chi connectivity index (χ0) is 38.8. The Bertz CT molecular complexity index is 1010. The minimum Gasteiger partial charge on any atom is -0.462 e. The predicted molar refractivity (Wildman–Crippen MR) is 210 cm³/mol. The first kappa shape index (κ1) is 48.7. The fraction of sp³-hybridized carbons (Fsp3) is 0.767. The van der Waals surface area contributed by atoms with Crippen molar-refractivity contribution in [2.45, 2.75) is 192 Å². The summed E-state index contributed by atoms with van der Waals surface area (Å²) in [5.74, 6) is -0.844. The number of ether oxygens (including phenoxy) is 4. The van der Waals surface area contributed by atoms with Gasteiger partial charge in [-0.25, -0.2) is 0 Å². The number of unbranched alkanes of at least 4 members (excludes halogenated alkanes) is 14. The summed E-state index contributed by atoms with van der Waals surface area (Å²) in [4.78, 5) is 25.2. The quantitative estimate of drug-likeness (QED) is 0.0294. The molecule has 0 radical (unpaired) electrons. The van der Waals surface area contributed by atoms with E-state index in [1.165, 1.54) is 25.7 Å². The van der Waals surface area contributed by atoms with Gasteiger partial charge < -0.3 is 39.4 Å². The van der Waals surface area contributed by atoms with Crippen LogP contribution >= 0.6 is 0 Å². The van der Waals surface area contributed by atoms with Gasteiger partial charge in [0.2, 0.25) is 0 Å². The molecule has 1 aliphatic heterocycles. The molecule has 0 aromatic rings. The molecular formula is C43H74O10. The number of carbonyl (C=O) groups is 2. The number of carbonyl (C=O) groups excluding carboxylic acids is 2. The SMILES string of the molecule is CCCC/C=C\C/C=C\CCCCCCCC(=O)OCC(COC1OC(CO)C(O)C(O)C1O)OC(=O)CCCCCCC/C=C\C/C=C\CCCC. The van der Waals surface area contributed by atoms with Crippen LogP contribution in [0.15, 0.2) is 48.6 Å². The molecule has 10 nitrogen and oxygen atoms in total. The molecule has 1 saturated heterocycles. The third kappa shape index (κ3) is 26.2. The normalized spacial score (nSPS) is 21.4. The molecular weight excluding hydrogens is 676 g/mol. The number of aliphatic hydroxyl groups excluding tert-OH is 4. The second kappa shape index (κ2) is 34.2. The van der Waals surface area contributed by atoms with Gasteiger partial charge in [0.15, 0.2) is 12.4 Å². The molecule has 0 aliphatic carbocycles. The van der Waals surface area contributed by atoms with E-state index < -0.39 is 55.4 Å². The van der Waals surface area contributed by atoms with E-state index in [1.54, 1.807) is 0 Å². The van der Waals surface area contributed by atoms with Gasteiger partial charge in [0.05, 0.1) is 13.2 Å². The Hall–Kier alpha value is -2.34. The fourth-order valence-corrected chi connectivity index (χ4v) is 5.81. The topological polar surface area (TPSA) is 152 Å². The van der Waals surface area contributed by atoms with Crippen molar-refractivity contribution in [1.82, 2.24) is 0 Å². The molecule has 0 aromatic heterocycles. The molecule has 6 unspecified atom stereocenters. The van der Waals surface area contributed by atoms with Crippen molar-refractivity contribution < 1.29 is 49.0 Å². The maximum Gasteiger partial charge on any atom is 0.306 e. The van der Waals surface area contributed by atoms with E-state index in [4.69, 9.17) is 18.9 Å². The van der Waals surface area contributed by atoms with Crippen molar-refractivity contribution in [2.24, 2.45) is 0 Å². The lowest BCUT2D eigenvalue weighted by Gasteiger charge is -2.39. The van der Waals surface area contributed by atoms with Crippen LogP contribution in [0, 0.1) is 0 Å². The van der Waals surface area contributed by atoms with E-state index in [-0.39, 0.29) is 26.1 Å². The molecule has 0 amide bonds. The smallest absolute Gasteiger partial charge is 0.306 e. The second-order valence-corrected chi connectivity index (χ2v) is 14.1. The van der Waals surface area contributed by atoms with Gasteiger partial charge in [-0.2, -0.15) is 0 Å². The molecule has 10 heteroatoms. The summed E-state index contributed by atoms with van der Waals surface area (Å²) in [6.45, 7) is 3.29. The van der Waals surface area contributed by atoms with Crippen molar-refractivity contribution in [3.05, 3.63) is 48.6 Å². The van der Waals surface area contributed by atoms with Crippen LogP contribution in [0.5, 0.6) is 0 Å². The first-order chi connectivity index (χ1) is 25.8. The predicted octanol–water partition coefficient (Wildman–Crippen LogP) is 8.10. The van der Waals surface area contributed by atoms with Crippen molar-refractivity contribution in [1.29, 1.82) is 0 Å². The minimum atomic E-state index is -1.60. The molecule has 1 aliphatic rings. The van der Waals surface area contributed by atoms with Crippen LogP contribution < -0.4 is 0 Å². The third-order valence-electron chi connectivity index (χ3n) is 9.19. The van der Waals surface area contributed by atoms with Crippen LogP contribution in [0.25, 0.3) is 0 Å². The molecule has 0 saturated carbocycles. The first-order valence-electron chi connectivity index (χ1n) is 20.7. The van der Waals surface area contributed by atoms with E-state index >= 15 is 0 Å². The highest BCUT2D eigenvalue weighted by atomic mass is 16.7. The van der Waals surface area contributed by atoms with Crippen molar-refractivity contribution in [3.63, 3.8) is 0 Å². The van der Waals surface area contributed by atoms with Crippen LogP contribution in [-0.4, -0.2) is 89.0 Å². The van der Waals surface area contributed by atoms with Crippen LogP contribution in [0.1, 0.15) is 155 Å². The average molecular weight is 751 g/mol. The average Bonchev–Trinajstić information content (AvgIpc) is 3.15. The molecule has 0 bridgehead atoms. The highest BCUT2D eigenvalue weighted by Gasteiger charge is 2.44. The van der Waals surface area contributed by atoms with E-state index in [0.29, 0.717) is 12.8 Å². The van der Waals surface area contributed by atoms with Crippen LogP contribution in [0.4, 0.5) is 0 Å². The van der Waals surface area contributed by atoms with Gasteiger partial charge in [0.25, 0.3) is 0 Å². The summed E-state index contributed by atoms with van der Waals surface area (Å²) >= 11 is 0. The van der Waals surface area contributed by atoms with Gasteiger partial charge in [-0.05, 0) is 64.2 Å². The molecule has 1 heterocycles. The largest absolute Gasteiger partial charge is 0.462 e. The lowest BCUT2D eigenvalue weighted by atomic mass is 9.99. The number of esters is 2. The summed E-state index contributed by atoms with van der Waals surface area (Å²) in [5, 5.41) is 40.0. The van der Waals surface area contributed by atoms with E-state index in [1.807, 2.05) is 0 Å². The van der Waals surface area contributed by atoms with Crippen molar-refractivity contribution >= 4 is 11.9 Å². The lowest BCUT2D eigenvalue weighted by molar-refractivity contribution is -0.305. The van der Waals surface area contributed by atoms with Gasteiger partial charge in [-0.3, -0.25) is 9.59 Å². The Kier molecular flexibility index (Phi) is 31.4. The van der Waals surface area contributed by atoms with Gasteiger partial charge in [-0.15, -0.1) is 0 Å². The highest BCUT2D eigenvalue weighted by molar-refractivity contribution is 5.70. The highest BCUT2D eigenvalue weighted by Crippen LogP contribution is 2.22. The first-order valence-corrected chi connectivity index (χ1v) is 20.7. The maximum atomic E-state index is 12.7. The number of hydrogen-bond acceptors (Lipinski definition) is 10. The number of allylic oxidation sites excluding steroid dienone is 8. The Morgan fingerprint density at radius 2 is 1.06 bits per heavy atom. The summed E-state index contributed by atoms with van der Waals surface area (Å²) in [6.07, 6.45) is 31.1. The number of rotatable bonds is 33. The lowest BCUT2D eigenvalue weighted by Crippen LogP contribution is -2.59. The Morgan fingerprint density at radius 3 is 1.57 bits per heavy atom. The van der Waals surface area contributed by atoms with Crippen LogP contribution in [0.3, 0.4) is 0 Å². The third-order valence-corrected chi connectivity index (χ3v) is 9.19. The summed E-state index contributed by atoms with van der Waals surface area (Å²) in [5.41, 5.74) is 0. The van der Waals surface area contributed by atoms with Gasteiger partial charge in [0, 0.05) is 12.8 Å². The summed E-state index contributed by atoms with van der Waals surface area (Å²) in [7, 11) is 0. The number of aliphatic hydroxyl groups is 4. The second-order valence-electron chi connectivity index (χ2n) is 14.1. The van der Waals surface area contributed by atoms with Gasteiger partial charge in [-0.1, -0.05) is 127 Å². The number of hydrogen-bond donors (Lipinski definition) is 4. The molecule has 0 aromatic carbocycles. The Morgan fingerprint density at radius 1 is 0.585 bits per heavy atom. The van der Waals surface area contributed by atoms with E-state index in [9.17, 15) is 30.0 Å². The van der Waals surface area contributed by atoms with Gasteiger partial charge in [0.1, 0.15) is 31.0 Å². The molecule has 0 spiro atoms.